The molecule has 3 rings (SSSR count). The van der Waals surface area contributed by atoms with Crippen molar-refractivity contribution in [3.8, 4) is 0 Å². The van der Waals surface area contributed by atoms with Crippen LogP contribution in [0.15, 0.2) is 0 Å². The standard InChI is InChI=1S/C17H31N3O/c1-13(2)12-20-9-3-14(4-10-20)19-16(21)15-11-17(15)5-7-18-8-6-17/h13-15,18H,3-12H2,1-2H3,(H,19,21). The van der Waals surface area contributed by atoms with Gasteiger partial charge in [-0.2, -0.15) is 0 Å². The highest BCUT2D eigenvalue weighted by molar-refractivity contribution is 5.82. The van der Waals surface area contributed by atoms with E-state index in [9.17, 15) is 4.79 Å². The van der Waals surface area contributed by atoms with Crippen LogP contribution >= 0.6 is 0 Å². The van der Waals surface area contributed by atoms with Crippen molar-refractivity contribution in [3.63, 3.8) is 0 Å². The fraction of sp³-hybridized carbons (Fsp3) is 0.941. The number of hydrogen-bond donors (Lipinski definition) is 2. The molecule has 0 bridgehead atoms. The Hall–Kier alpha value is -0.610. The number of nitrogens with one attached hydrogen (secondary N) is 2. The van der Waals surface area contributed by atoms with Gasteiger partial charge in [0.15, 0.2) is 0 Å². The topological polar surface area (TPSA) is 44.4 Å². The van der Waals surface area contributed by atoms with Gasteiger partial charge in [0.2, 0.25) is 5.91 Å². The number of piperidine rings is 2. The maximum atomic E-state index is 12.5. The Balaban J connectivity index is 1.41. The lowest BCUT2D eigenvalue weighted by atomic mass is 9.91. The molecule has 1 spiro atoms. The molecule has 2 aliphatic heterocycles. The Morgan fingerprint density at radius 1 is 1.29 bits per heavy atom. The lowest BCUT2D eigenvalue weighted by Crippen LogP contribution is -2.46. The normalized spacial score (nSPS) is 29.8. The Kier molecular flexibility index (Phi) is 4.55. The molecule has 0 aromatic carbocycles. The summed E-state index contributed by atoms with van der Waals surface area (Å²) >= 11 is 0. The molecule has 120 valence electrons. The van der Waals surface area contributed by atoms with E-state index < -0.39 is 0 Å². The lowest BCUT2D eigenvalue weighted by molar-refractivity contribution is -0.124. The molecule has 4 nitrogen and oxygen atoms in total. The summed E-state index contributed by atoms with van der Waals surface area (Å²) in [7, 11) is 0. The minimum Gasteiger partial charge on any atom is -0.353 e. The fourth-order valence-corrected chi connectivity index (χ4v) is 4.27. The molecule has 1 atom stereocenters. The molecule has 21 heavy (non-hydrogen) atoms. The van der Waals surface area contributed by atoms with Crippen molar-refractivity contribution in [2.45, 2.75) is 52.0 Å². The van der Waals surface area contributed by atoms with E-state index in [0.29, 0.717) is 23.3 Å². The van der Waals surface area contributed by atoms with Gasteiger partial charge in [-0.1, -0.05) is 13.8 Å². The third-order valence-electron chi connectivity index (χ3n) is 5.66. The van der Waals surface area contributed by atoms with E-state index in [1.807, 2.05) is 0 Å². The second-order valence-corrected chi connectivity index (χ2v) is 7.85. The van der Waals surface area contributed by atoms with E-state index >= 15 is 0 Å². The average Bonchev–Trinajstić information content (AvgIpc) is 3.15. The van der Waals surface area contributed by atoms with Crippen molar-refractivity contribution in [3.05, 3.63) is 0 Å². The Bertz CT molecular complexity index is 368. The maximum Gasteiger partial charge on any atom is 0.223 e. The van der Waals surface area contributed by atoms with Gasteiger partial charge in [0.25, 0.3) is 0 Å². The SMILES string of the molecule is CC(C)CN1CCC(NC(=O)C2CC23CCNCC3)CC1. The molecule has 3 aliphatic rings. The molecule has 0 radical (unpaired) electrons. The van der Waals surface area contributed by atoms with Gasteiger partial charge in [0.05, 0.1) is 0 Å². The highest BCUT2D eigenvalue weighted by Gasteiger charge is 2.57. The van der Waals surface area contributed by atoms with Crippen molar-refractivity contribution in [1.29, 1.82) is 0 Å². The first kappa shape index (κ1) is 15.3. The number of carbonyl (C=O) groups is 1. The van der Waals surface area contributed by atoms with Crippen LogP contribution in [-0.4, -0.2) is 49.6 Å². The highest BCUT2D eigenvalue weighted by atomic mass is 16.2. The van der Waals surface area contributed by atoms with Gasteiger partial charge in [0.1, 0.15) is 0 Å². The molecule has 0 aromatic rings. The van der Waals surface area contributed by atoms with E-state index in [1.54, 1.807) is 0 Å². The van der Waals surface area contributed by atoms with Crippen LogP contribution in [0.5, 0.6) is 0 Å². The van der Waals surface area contributed by atoms with E-state index in [0.717, 1.165) is 51.4 Å². The molecule has 3 fully saturated rings. The largest absolute Gasteiger partial charge is 0.353 e. The van der Waals surface area contributed by atoms with Crippen molar-refractivity contribution in [1.82, 2.24) is 15.5 Å². The van der Waals surface area contributed by atoms with Gasteiger partial charge in [-0.05, 0) is 56.5 Å². The molecular formula is C17H31N3O. The molecule has 2 saturated heterocycles. The zero-order chi connectivity index (χ0) is 14.9. The third kappa shape index (κ3) is 3.59. The zero-order valence-corrected chi connectivity index (χ0v) is 13.7. The highest BCUT2D eigenvalue weighted by Crippen LogP contribution is 2.58. The Morgan fingerprint density at radius 3 is 2.57 bits per heavy atom. The van der Waals surface area contributed by atoms with Crippen LogP contribution in [0.3, 0.4) is 0 Å². The van der Waals surface area contributed by atoms with Crippen molar-refractivity contribution in [2.75, 3.05) is 32.7 Å². The quantitative estimate of drug-likeness (QED) is 0.828. The zero-order valence-electron chi connectivity index (χ0n) is 13.7. The van der Waals surface area contributed by atoms with E-state index in [2.05, 4.69) is 29.4 Å². The molecule has 4 heteroatoms. The van der Waals surface area contributed by atoms with Crippen LogP contribution in [0.4, 0.5) is 0 Å². The van der Waals surface area contributed by atoms with Crippen molar-refractivity contribution in [2.24, 2.45) is 17.3 Å². The van der Waals surface area contributed by atoms with E-state index in [4.69, 9.17) is 0 Å². The molecule has 1 saturated carbocycles. The Labute approximate surface area is 129 Å². The summed E-state index contributed by atoms with van der Waals surface area (Å²) in [5.41, 5.74) is 0.369. The van der Waals surface area contributed by atoms with Gasteiger partial charge in [-0.15, -0.1) is 0 Å². The summed E-state index contributed by atoms with van der Waals surface area (Å²) < 4.78 is 0. The van der Waals surface area contributed by atoms with Crippen LogP contribution in [0.25, 0.3) is 0 Å². The van der Waals surface area contributed by atoms with Crippen molar-refractivity contribution >= 4 is 5.91 Å². The van der Waals surface area contributed by atoms with Crippen LogP contribution in [-0.2, 0) is 4.79 Å². The summed E-state index contributed by atoms with van der Waals surface area (Å²) in [6.45, 7) is 10.2. The summed E-state index contributed by atoms with van der Waals surface area (Å²) in [5, 5.41) is 6.74. The molecule has 1 aliphatic carbocycles. The summed E-state index contributed by atoms with van der Waals surface area (Å²) in [4.78, 5) is 15.0. The minimum atomic E-state index is 0.313. The maximum absolute atomic E-state index is 12.5. The number of likely N-dealkylation sites (tertiary alicyclic amines) is 1. The van der Waals surface area contributed by atoms with E-state index in [-0.39, 0.29) is 0 Å². The second-order valence-electron chi connectivity index (χ2n) is 7.85. The van der Waals surface area contributed by atoms with Crippen LogP contribution < -0.4 is 10.6 Å². The molecular weight excluding hydrogens is 262 g/mol. The first-order valence-corrected chi connectivity index (χ1v) is 8.82. The van der Waals surface area contributed by atoms with Gasteiger partial charge in [0, 0.05) is 31.6 Å². The van der Waals surface area contributed by atoms with Gasteiger partial charge >= 0.3 is 0 Å². The van der Waals surface area contributed by atoms with Crippen LogP contribution in [0.2, 0.25) is 0 Å². The summed E-state index contributed by atoms with van der Waals surface area (Å²) in [5.74, 6) is 1.40. The number of hydrogen-bond acceptors (Lipinski definition) is 3. The smallest absolute Gasteiger partial charge is 0.223 e. The summed E-state index contributed by atoms with van der Waals surface area (Å²) in [6, 6.07) is 0.417. The number of amides is 1. The van der Waals surface area contributed by atoms with Crippen LogP contribution in [0.1, 0.15) is 46.0 Å². The molecule has 1 amide bonds. The number of carbonyl (C=O) groups excluding carboxylic acids is 1. The van der Waals surface area contributed by atoms with E-state index in [1.165, 1.54) is 19.4 Å². The first-order valence-electron chi connectivity index (χ1n) is 8.82. The van der Waals surface area contributed by atoms with Crippen molar-refractivity contribution < 1.29 is 4.79 Å². The Morgan fingerprint density at radius 2 is 1.95 bits per heavy atom. The van der Waals surface area contributed by atoms with Gasteiger partial charge in [-0.25, -0.2) is 0 Å². The van der Waals surface area contributed by atoms with Gasteiger partial charge < -0.3 is 15.5 Å². The minimum absolute atomic E-state index is 0.313. The molecule has 0 aromatic heterocycles. The monoisotopic (exact) mass is 293 g/mol. The number of rotatable bonds is 4. The summed E-state index contributed by atoms with van der Waals surface area (Å²) in [6.07, 6.45) is 5.77. The lowest BCUT2D eigenvalue weighted by Gasteiger charge is -2.33. The average molecular weight is 293 g/mol. The third-order valence-corrected chi connectivity index (χ3v) is 5.66. The molecule has 1 unspecified atom stereocenters. The number of nitrogens with zero attached hydrogens (tertiary/aromatic N) is 1. The molecule has 2 heterocycles. The predicted octanol–water partition coefficient (Wildman–Crippen LogP) is 1.61. The second kappa shape index (κ2) is 6.25. The van der Waals surface area contributed by atoms with Gasteiger partial charge in [-0.3, -0.25) is 4.79 Å². The first-order chi connectivity index (χ1) is 10.1. The fourth-order valence-electron chi connectivity index (χ4n) is 4.27. The molecule has 2 N–H and O–H groups in total. The van der Waals surface area contributed by atoms with Crippen LogP contribution in [0, 0.1) is 17.3 Å². The predicted molar refractivity (Wildman–Crippen MR) is 85.1 cm³/mol.